The van der Waals surface area contributed by atoms with Gasteiger partial charge in [0.25, 0.3) is 0 Å². The molecule has 0 saturated heterocycles. The predicted molar refractivity (Wildman–Crippen MR) is 134 cm³/mol. The molecule has 0 bridgehead atoms. The second kappa shape index (κ2) is 9.48. The largest absolute Gasteiger partial charge is 0.493 e. The summed E-state index contributed by atoms with van der Waals surface area (Å²) >= 11 is 6.20. The van der Waals surface area contributed by atoms with Gasteiger partial charge in [0.05, 0.1) is 25.7 Å². The van der Waals surface area contributed by atoms with Crippen LogP contribution in [0, 0.1) is 13.8 Å². The van der Waals surface area contributed by atoms with Crippen LogP contribution in [0.1, 0.15) is 54.1 Å². The number of benzene rings is 3. The third kappa shape index (κ3) is 4.58. The van der Waals surface area contributed by atoms with Crippen molar-refractivity contribution in [3.63, 3.8) is 0 Å². The quantitative estimate of drug-likeness (QED) is 0.402. The Kier molecular flexibility index (Phi) is 6.66. The Bertz CT molecular complexity index is 1170. The third-order valence-electron chi connectivity index (χ3n) is 6.29. The van der Waals surface area contributed by atoms with Gasteiger partial charge in [0.1, 0.15) is 0 Å². The first-order chi connectivity index (χ1) is 15.8. The number of carbonyl (C=O) groups excluding carboxylic acids is 1. The Morgan fingerprint density at radius 3 is 2.42 bits per heavy atom. The standard InChI is InChI=1S/C28H30ClNO3/c1-6-19(4)33-26-16-23-21(14-25(26)32-5)15-27(31)30(24-12-7-17(2)13-18(24)3)28(23)20-8-10-22(29)11-9-20/h7-14,16,19,28H,6,15H2,1-5H3. The van der Waals surface area contributed by atoms with Gasteiger partial charge in [-0.3, -0.25) is 4.79 Å². The zero-order chi connectivity index (χ0) is 23.7. The highest BCUT2D eigenvalue weighted by molar-refractivity contribution is 6.30. The monoisotopic (exact) mass is 463 g/mol. The summed E-state index contributed by atoms with van der Waals surface area (Å²) in [5, 5.41) is 0.662. The van der Waals surface area contributed by atoms with Crippen LogP contribution in [-0.4, -0.2) is 19.1 Å². The van der Waals surface area contributed by atoms with Gasteiger partial charge in [-0.05, 0) is 79.8 Å². The molecular weight excluding hydrogens is 434 g/mol. The molecule has 33 heavy (non-hydrogen) atoms. The number of aryl methyl sites for hydroxylation is 2. The molecule has 172 valence electrons. The fourth-order valence-electron chi connectivity index (χ4n) is 4.43. The minimum absolute atomic E-state index is 0.0478. The molecule has 4 rings (SSSR count). The van der Waals surface area contributed by atoms with Crippen molar-refractivity contribution in [1.82, 2.24) is 0 Å². The van der Waals surface area contributed by atoms with Gasteiger partial charge in [0.2, 0.25) is 5.91 Å². The van der Waals surface area contributed by atoms with Crippen molar-refractivity contribution >= 4 is 23.2 Å². The topological polar surface area (TPSA) is 38.8 Å². The molecule has 2 atom stereocenters. The normalized spacial score (nSPS) is 16.4. The molecule has 0 aromatic heterocycles. The highest BCUT2D eigenvalue weighted by Gasteiger charge is 2.36. The zero-order valence-electron chi connectivity index (χ0n) is 19.8. The van der Waals surface area contributed by atoms with Gasteiger partial charge < -0.3 is 14.4 Å². The van der Waals surface area contributed by atoms with Gasteiger partial charge in [0.15, 0.2) is 11.5 Å². The van der Waals surface area contributed by atoms with Crippen LogP contribution in [-0.2, 0) is 11.2 Å². The molecule has 5 heteroatoms. The van der Waals surface area contributed by atoms with Crippen LogP contribution >= 0.6 is 11.6 Å². The highest BCUT2D eigenvalue weighted by atomic mass is 35.5. The molecule has 0 N–H and O–H groups in total. The summed E-state index contributed by atoms with van der Waals surface area (Å²) in [6, 6.07) is 17.6. The average Bonchev–Trinajstić information content (AvgIpc) is 2.79. The number of rotatable bonds is 6. The van der Waals surface area contributed by atoms with Crippen molar-refractivity contribution in [3.05, 3.63) is 87.4 Å². The molecule has 0 radical (unpaired) electrons. The number of carbonyl (C=O) groups is 1. The van der Waals surface area contributed by atoms with E-state index in [2.05, 4.69) is 32.9 Å². The van der Waals surface area contributed by atoms with Crippen molar-refractivity contribution < 1.29 is 14.3 Å². The van der Waals surface area contributed by atoms with E-state index >= 15 is 0 Å². The van der Waals surface area contributed by atoms with E-state index in [0.29, 0.717) is 22.9 Å². The van der Waals surface area contributed by atoms with E-state index in [1.165, 1.54) is 0 Å². The molecule has 1 heterocycles. The van der Waals surface area contributed by atoms with Crippen LogP contribution < -0.4 is 14.4 Å². The second-order valence-corrected chi connectivity index (χ2v) is 9.16. The van der Waals surface area contributed by atoms with Gasteiger partial charge in [0, 0.05) is 10.7 Å². The lowest BCUT2D eigenvalue weighted by molar-refractivity contribution is -0.118. The molecule has 2 unspecified atom stereocenters. The molecular formula is C28H30ClNO3. The number of amides is 1. The number of anilines is 1. The third-order valence-corrected chi connectivity index (χ3v) is 6.54. The van der Waals surface area contributed by atoms with E-state index in [1.807, 2.05) is 54.3 Å². The highest BCUT2D eigenvalue weighted by Crippen LogP contribution is 2.44. The van der Waals surface area contributed by atoms with Crippen molar-refractivity contribution in [2.45, 2.75) is 52.7 Å². The van der Waals surface area contributed by atoms with Gasteiger partial charge >= 0.3 is 0 Å². The SMILES string of the molecule is CCC(C)Oc1cc2c(cc1OC)CC(=O)N(c1ccc(C)cc1C)C2c1ccc(Cl)cc1. The van der Waals surface area contributed by atoms with Crippen LogP contribution in [0.3, 0.4) is 0 Å². The maximum atomic E-state index is 13.6. The van der Waals surface area contributed by atoms with E-state index in [4.69, 9.17) is 21.1 Å². The Morgan fingerprint density at radius 1 is 1.06 bits per heavy atom. The summed E-state index contributed by atoms with van der Waals surface area (Å²) in [6.45, 7) is 8.24. The smallest absolute Gasteiger partial charge is 0.232 e. The van der Waals surface area contributed by atoms with Crippen LogP contribution in [0.15, 0.2) is 54.6 Å². The van der Waals surface area contributed by atoms with Crippen molar-refractivity contribution in [2.75, 3.05) is 12.0 Å². The number of hydrogen-bond acceptors (Lipinski definition) is 3. The van der Waals surface area contributed by atoms with Crippen molar-refractivity contribution in [1.29, 1.82) is 0 Å². The summed E-state index contributed by atoms with van der Waals surface area (Å²) in [5.74, 6) is 1.39. The summed E-state index contributed by atoms with van der Waals surface area (Å²) in [7, 11) is 1.63. The van der Waals surface area contributed by atoms with Crippen LogP contribution in [0.5, 0.6) is 11.5 Å². The van der Waals surface area contributed by atoms with Crippen molar-refractivity contribution in [2.24, 2.45) is 0 Å². The Morgan fingerprint density at radius 2 is 1.79 bits per heavy atom. The van der Waals surface area contributed by atoms with E-state index in [0.717, 1.165) is 39.9 Å². The van der Waals surface area contributed by atoms with Gasteiger partial charge in [-0.2, -0.15) is 0 Å². The van der Waals surface area contributed by atoms with Crippen LogP contribution in [0.2, 0.25) is 5.02 Å². The fourth-order valence-corrected chi connectivity index (χ4v) is 4.56. The molecule has 0 fully saturated rings. The number of methoxy groups -OCH3 is 1. The summed E-state index contributed by atoms with van der Waals surface area (Å²) in [4.78, 5) is 15.5. The van der Waals surface area contributed by atoms with E-state index in [-0.39, 0.29) is 18.1 Å². The van der Waals surface area contributed by atoms with Crippen LogP contribution in [0.25, 0.3) is 0 Å². The molecule has 0 aliphatic carbocycles. The molecule has 0 spiro atoms. The lowest BCUT2D eigenvalue weighted by atomic mass is 9.86. The molecule has 0 saturated carbocycles. The average molecular weight is 464 g/mol. The minimum Gasteiger partial charge on any atom is -0.493 e. The van der Waals surface area contributed by atoms with Gasteiger partial charge in [-0.25, -0.2) is 0 Å². The second-order valence-electron chi connectivity index (χ2n) is 8.72. The number of ether oxygens (including phenoxy) is 2. The Balaban J connectivity index is 1.93. The summed E-state index contributed by atoms with van der Waals surface area (Å²) < 4.78 is 11.8. The molecule has 3 aromatic rings. The number of halogens is 1. The number of fused-ring (bicyclic) bond motifs is 1. The first-order valence-electron chi connectivity index (χ1n) is 11.3. The molecule has 1 aliphatic rings. The molecule has 4 nitrogen and oxygen atoms in total. The van der Waals surface area contributed by atoms with E-state index < -0.39 is 0 Å². The summed E-state index contributed by atoms with van der Waals surface area (Å²) in [6.07, 6.45) is 1.23. The lowest BCUT2D eigenvalue weighted by Crippen LogP contribution is -2.41. The zero-order valence-corrected chi connectivity index (χ0v) is 20.6. The van der Waals surface area contributed by atoms with Gasteiger partial charge in [-0.15, -0.1) is 0 Å². The van der Waals surface area contributed by atoms with Gasteiger partial charge in [-0.1, -0.05) is 48.4 Å². The van der Waals surface area contributed by atoms with E-state index in [9.17, 15) is 4.79 Å². The molecule has 1 aliphatic heterocycles. The number of nitrogens with zero attached hydrogens (tertiary/aromatic N) is 1. The lowest BCUT2D eigenvalue weighted by Gasteiger charge is -2.39. The first-order valence-corrected chi connectivity index (χ1v) is 11.7. The van der Waals surface area contributed by atoms with Crippen molar-refractivity contribution in [3.8, 4) is 11.5 Å². The van der Waals surface area contributed by atoms with Crippen LogP contribution in [0.4, 0.5) is 5.69 Å². The fraction of sp³-hybridized carbons (Fsp3) is 0.321. The predicted octanol–water partition coefficient (Wildman–Crippen LogP) is 6.82. The minimum atomic E-state index is -0.301. The number of hydrogen-bond donors (Lipinski definition) is 0. The first kappa shape index (κ1) is 23.2. The maximum absolute atomic E-state index is 13.6. The Hall–Kier alpha value is -2.98. The summed E-state index contributed by atoms with van der Waals surface area (Å²) in [5.41, 5.74) is 6.13. The molecule has 1 amide bonds. The maximum Gasteiger partial charge on any atom is 0.232 e. The molecule has 3 aromatic carbocycles. The van der Waals surface area contributed by atoms with E-state index in [1.54, 1.807) is 7.11 Å². The Labute approximate surface area is 201 Å².